The van der Waals surface area contributed by atoms with Gasteiger partial charge in [0, 0.05) is 72.9 Å². The van der Waals surface area contributed by atoms with Gasteiger partial charge in [-0.1, -0.05) is 6.08 Å². The minimum Gasteiger partial charge on any atom is -0.389 e. The molecule has 2 atom stereocenters. The molecule has 4 aliphatic rings. The molecular weight excluding hydrogens is 445 g/mol. The number of benzene rings is 1. The van der Waals surface area contributed by atoms with Gasteiger partial charge in [0.15, 0.2) is 0 Å². The fraction of sp³-hybridized carbons (Fsp3) is 0.407. The number of aliphatic hydroxyl groups excluding tert-OH is 1. The Balaban J connectivity index is 1.26. The lowest BCUT2D eigenvalue weighted by molar-refractivity contribution is -0.143. The van der Waals surface area contributed by atoms with Crippen molar-refractivity contribution in [1.29, 1.82) is 0 Å². The van der Waals surface area contributed by atoms with Crippen molar-refractivity contribution in [2.75, 3.05) is 31.6 Å². The van der Waals surface area contributed by atoms with E-state index in [2.05, 4.69) is 32.9 Å². The summed E-state index contributed by atoms with van der Waals surface area (Å²) < 4.78 is 14.2. The Morgan fingerprint density at radius 1 is 1.23 bits per heavy atom. The number of halogens is 1. The number of β-amino-alcohol motifs (C(OH)–C–C–N with tert-alkyl or cyclic N) is 1. The molecule has 6 heterocycles. The smallest absolute Gasteiger partial charge is 0.236 e. The van der Waals surface area contributed by atoms with Gasteiger partial charge in [-0.25, -0.2) is 9.37 Å². The SMILES string of the molecule is CN1Cc2c(C3=C[C@H]4CC[C@@H](C3)N4CC(=O)N3CC(O)C3)[nH]c3nccc(c23)-c2cc(F)ccc21. The van der Waals surface area contributed by atoms with Gasteiger partial charge in [0.2, 0.25) is 5.91 Å². The lowest BCUT2D eigenvalue weighted by Crippen LogP contribution is -2.57. The summed E-state index contributed by atoms with van der Waals surface area (Å²) in [6, 6.07) is 7.55. The van der Waals surface area contributed by atoms with Crippen LogP contribution in [0.3, 0.4) is 0 Å². The van der Waals surface area contributed by atoms with E-state index in [-0.39, 0.29) is 23.9 Å². The Morgan fingerprint density at radius 2 is 2.09 bits per heavy atom. The van der Waals surface area contributed by atoms with E-state index in [9.17, 15) is 14.3 Å². The minimum atomic E-state index is -0.370. The molecule has 35 heavy (non-hydrogen) atoms. The minimum absolute atomic E-state index is 0.113. The molecular formula is C27H28FN5O2. The number of hydrogen-bond acceptors (Lipinski definition) is 5. The normalized spacial score (nSPS) is 23.8. The van der Waals surface area contributed by atoms with Crippen LogP contribution in [0.4, 0.5) is 10.1 Å². The molecule has 0 unspecified atom stereocenters. The number of nitrogens with zero attached hydrogens (tertiary/aromatic N) is 4. The Morgan fingerprint density at radius 3 is 2.89 bits per heavy atom. The molecule has 4 aliphatic heterocycles. The highest BCUT2D eigenvalue weighted by Gasteiger charge is 2.40. The number of likely N-dealkylation sites (tertiary alicyclic amines) is 1. The molecule has 180 valence electrons. The van der Waals surface area contributed by atoms with E-state index in [1.165, 1.54) is 17.2 Å². The third-order valence-corrected chi connectivity index (χ3v) is 8.25. The standard InChI is InChI=1S/C27H28FN5O2/c1-31-13-22-25-20(21-10-16(28)2-5-23(21)31)6-7-29-27(25)30-26(22)15-8-17-3-4-18(9-15)33(17)14-24(35)32-11-19(34)12-32/h2,5-8,10,17-19,34H,3-4,9,11-14H2,1H3,(H,29,30)/t17-,18+/m1/s1. The number of fused-ring (bicyclic) bond motifs is 4. The average Bonchev–Trinajstić information content (AvgIpc) is 3.24. The molecule has 3 aromatic rings. The second-order valence-corrected chi connectivity index (χ2v) is 10.4. The van der Waals surface area contributed by atoms with Crippen molar-refractivity contribution < 1.29 is 14.3 Å². The summed E-state index contributed by atoms with van der Waals surface area (Å²) in [7, 11) is 2.05. The number of aromatic nitrogens is 2. The van der Waals surface area contributed by atoms with Crippen LogP contribution in [0, 0.1) is 5.82 Å². The first-order valence-electron chi connectivity index (χ1n) is 12.4. The van der Waals surface area contributed by atoms with E-state index in [0.29, 0.717) is 32.2 Å². The molecule has 1 aromatic carbocycles. The lowest BCUT2D eigenvalue weighted by Gasteiger charge is -2.39. The predicted octanol–water partition coefficient (Wildman–Crippen LogP) is 3.14. The van der Waals surface area contributed by atoms with Crippen LogP contribution in [0.1, 0.15) is 30.5 Å². The van der Waals surface area contributed by atoms with Gasteiger partial charge in [0.05, 0.1) is 12.6 Å². The summed E-state index contributed by atoms with van der Waals surface area (Å²) >= 11 is 0. The Labute approximate surface area is 202 Å². The average molecular weight is 474 g/mol. The molecule has 2 fully saturated rings. The molecule has 1 amide bonds. The molecule has 7 nitrogen and oxygen atoms in total. The second-order valence-electron chi connectivity index (χ2n) is 10.4. The number of H-pyrrole nitrogens is 1. The van der Waals surface area contributed by atoms with E-state index < -0.39 is 0 Å². The molecule has 2 aromatic heterocycles. The maximum atomic E-state index is 14.2. The topological polar surface area (TPSA) is 75.7 Å². The van der Waals surface area contributed by atoms with Gasteiger partial charge in [0.25, 0.3) is 0 Å². The molecule has 0 aliphatic carbocycles. The molecule has 2 bridgehead atoms. The highest BCUT2D eigenvalue weighted by atomic mass is 19.1. The van der Waals surface area contributed by atoms with E-state index in [1.54, 1.807) is 17.2 Å². The van der Waals surface area contributed by atoms with E-state index in [0.717, 1.165) is 52.8 Å². The van der Waals surface area contributed by atoms with Crippen molar-refractivity contribution in [2.24, 2.45) is 0 Å². The van der Waals surface area contributed by atoms with E-state index in [1.807, 2.05) is 12.1 Å². The number of carbonyl (C=O) groups is 1. The largest absolute Gasteiger partial charge is 0.389 e. The predicted molar refractivity (Wildman–Crippen MR) is 132 cm³/mol. The summed E-state index contributed by atoms with van der Waals surface area (Å²) in [5.41, 5.74) is 7.35. The van der Waals surface area contributed by atoms with Crippen molar-refractivity contribution in [3.8, 4) is 11.1 Å². The van der Waals surface area contributed by atoms with Gasteiger partial charge in [-0.05, 0) is 54.7 Å². The van der Waals surface area contributed by atoms with Gasteiger partial charge >= 0.3 is 0 Å². The van der Waals surface area contributed by atoms with Crippen molar-refractivity contribution >= 4 is 28.2 Å². The van der Waals surface area contributed by atoms with Crippen LogP contribution in [0.15, 0.2) is 36.5 Å². The Hall–Kier alpha value is -3.23. The quantitative estimate of drug-likeness (QED) is 0.611. The van der Waals surface area contributed by atoms with Crippen LogP contribution in [0.25, 0.3) is 27.7 Å². The summed E-state index contributed by atoms with van der Waals surface area (Å²) in [5.74, 6) is -0.128. The number of aliphatic hydroxyl groups is 1. The van der Waals surface area contributed by atoms with Crippen molar-refractivity contribution in [3.63, 3.8) is 0 Å². The van der Waals surface area contributed by atoms with Crippen molar-refractivity contribution in [3.05, 3.63) is 53.6 Å². The number of hydrogen-bond donors (Lipinski definition) is 2. The highest BCUT2D eigenvalue weighted by molar-refractivity contribution is 6.02. The third kappa shape index (κ3) is 3.23. The number of rotatable bonds is 3. The van der Waals surface area contributed by atoms with Gasteiger partial charge in [0.1, 0.15) is 11.5 Å². The number of aromatic amines is 1. The van der Waals surface area contributed by atoms with E-state index in [4.69, 9.17) is 0 Å². The number of amides is 1. The second kappa shape index (κ2) is 7.63. The molecule has 0 spiro atoms. The van der Waals surface area contributed by atoms with Gasteiger partial charge in [-0.15, -0.1) is 0 Å². The Bertz CT molecular complexity index is 1390. The summed E-state index contributed by atoms with van der Waals surface area (Å²) in [4.78, 5) is 27.2. The van der Waals surface area contributed by atoms with Crippen LogP contribution in [0.2, 0.25) is 0 Å². The van der Waals surface area contributed by atoms with Crippen LogP contribution in [0.5, 0.6) is 0 Å². The molecule has 0 radical (unpaired) electrons. The van der Waals surface area contributed by atoms with Gasteiger partial charge < -0.3 is 19.9 Å². The third-order valence-electron chi connectivity index (χ3n) is 8.25. The monoisotopic (exact) mass is 473 g/mol. The fourth-order valence-corrected chi connectivity index (χ4v) is 6.48. The number of pyridine rings is 1. The zero-order chi connectivity index (χ0) is 23.8. The first-order valence-corrected chi connectivity index (χ1v) is 12.4. The summed E-state index contributed by atoms with van der Waals surface area (Å²) in [6.07, 6.45) is 6.76. The number of carbonyl (C=O) groups excluding carboxylic acids is 1. The first kappa shape index (κ1) is 21.1. The van der Waals surface area contributed by atoms with Crippen molar-refractivity contribution in [2.45, 2.75) is 44.0 Å². The molecule has 0 saturated carbocycles. The van der Waals surface area contributed by atoms with Crippen LogP contribution < -0.4 is 4.90 Å². The zero-order valence-electron chi connectivity index (χ0n) is 19.7. The van der Waals surface area contributed by atoms with Crippen LogP contribution >= 0.6 is 0 Å². The number of nitrogens with one attached hydrogen (secondary N) is 1. The van der Waals surface area contributed by atoms with E-state index >= 15 is 0 Å². The maximum absolute atomic E-state index is 14.2. The highest BCUT2D eigenvalue weighted by Crippen LogP contribution is 2.45. The first-order chi connectivity index (χ1) is 17.0. The molecule has 7 rings (SSSR count). The molecule has 2 saturated heterocycles. The molecule has 2 N–H and O–H groups in total. The fourth-order valence-electron chi connectivity index (χ4n) is 6.48. The zero-order valence-corrected chi connectivity index (χ0v) is 19.7. The number of anilines is 1. The maximum Gasteiger partial charge on any atom is 0.236 e. The molecule has 8 heteroatoms. The summed E-state index contributed by atoms with van der Waals surface area (Å²) in [5, 5.41) is 10.6. The Kier molecular flexibility index (Phi) is 4.60. The van der Waals surface area contributed by atoms with Crippen LogP contribution in [-0.4, -0.2) is 75.7 Å². The lowest BCUT2D eigenvalue weighted by atomic mass is 9.94. The van der Waals surface area contributed by atoms with Gasteiger partial charge in [-0.2, -0.15) is 0 Å². The van der Waals surface area contributed by atoms with Gasteiger partial charge in [-0.3, -0.25) is 9.69 Å². The summed E-state index contributed by atoms with van der Waals surface area (Å²) in [6.45, 7) is 2.03. The van der Waals surface area contributed by atoms with Crippen molar-refractivity contribution in [1.82, 2.24) is 19.8 Å². The van der Waals surface area contributed by atoms with Crippen LogP contribution in [-0.2, 0) is 11.3 Å².